The first-order valence-electron chi connectivity index (χ1n) is 6.30. The number of nitrogens with one attached hydrogen (secondary N) is 2. The molecular formula is C12H25N3O. The van der Waals surface area contributed by atoms with Gasteiger partial charge in [-0.2, -0.15) is 0 Å². The third-order valence-corrected chi connectivity index (χ3v) is 2.86. The second kappa shape index (κ2) is 6.86. The van der Waals surface area contributed by atoms with Crippen LogP contribution in [0.15, 0.2) is 0 Å². The summed E-state index contributed by atoms with van der Waals surface area (Å²) >= 11 is 0. The molecule has 0 spiro atoms. The predicted octanol–water partition coefficient (Wildman–Crippen LogP) is 0.442. The van der Waals surface area contributed by atoms with Gasteiger partial charge < -0.3 is 10.6 Å². The van der Waals surface area contributed by atoms with Gasteiger partial charge in [-0.05, 0) is 19.3 Å². The van der Waals surface area contributed by atoms with E-state index in [1.807, 2.05) is 0 Å². The Balaban J connectivity index is 2.13. The molecule has 4 nitrogen and oxygen atoms in total. The summed E-state index contributed by atoms with van der Waals surface area (Å²) in [7, 11) is 0. The molecule has 1 aliphatic heterocycles. The summed E-state index contributed by atoms with van der Waals surface area (Å²) in [4.78, 5) is 13.8. The molecule has 1 amide bonds. The number of amides is 1. The maximum absolute atomic E-state index is 11.6. The number of hydrogen-bond donors (Lipinski definition) is 2. The summed E-state index contributed by atoms with van der Waals surface area (Å²) in [5.41, 5.74) is 0. The first kappa shape index (κ1) is 13.5. The normalized spacial score (nSPS) is 22.4. The van der Waals surface area contributed by atoms with Crippen LogP contribution in [0.2, 0.25) is 0 Å². The minimum atomic E-state index is 0.162. The summed E-state index contributed by atoms with van der Waals surface area (Å²) in [6.07, 6.45) is 1.06. The monoisotopic (exact) mass is 227 g/mol. The van der Waals surface area contributed by atoms with Crippen molar-refractivity contribution in [1.82, 2.24) is 15.5 Å². The number of piperazine rings is 1. The van der Waals surface area contributed by atoms with Gasteiger partial charge in [0.1, 0.15) is 0 Å². The summed E-state index contributed by atoms with van der Waals surface area (Å²) < 4.78 is 0. The Kier molecular flexibility index (Phi) is 5.77. The summed E-state index contributed by atoms with van der Waals surface area (Å²) in [6, 6.07) is 0.497. The molecule has 0 unspecified atom stereocenters. The third kappa shape index (κ3) is 5.47. The fourth-order valence-corrected chi connectivity index (χ4v) is 1.92. The van der Waals surface area contributed by atoms with Gasteiger partial charge in [-0.15, -0.1) is 0 Å². The average Bonchev–Trinajstić information content (AvgIpc) is 2.16. The lowest BCUT2D eigenvalue weighted by atomic mass is 10.1. The smallest absolute Gasteiger partial charge is 0.234 e. The van der Waals surface area contributed by atoms with E-state index in [9.17, 15) is 4.79 Å². The average molecular weight is 227 g/mol. The third-order valence-electron chi connectivity index (χ3n) is 2.86. The maximum atomic E-state index is 11.6. The van der Waals surface area contributed by atoms with Gasteiger partial charge in [-0.3, -0.25) is 9.69 Å². The summed E-state index contributed by atoms with van der Waals surface area (Å²) in [6.45, 7) is 10.8. The van der Waals surface area contributed by atoms with Gasteiger partial charge in [-0.1, -0.05) is 13.8 Å². The van der Waals surface area contributed by atoms with E-state index in [1.165, 1.54) is 0 Å². The second-order valence-corrected chi connectivity index (χ2v) is 5.12. The van der Waals surface area contributed by atoms with Crippen LogP contribution in [0, 0.1) is 5.92 Å². The van der Waals surface area contributed by atoms with Crippen LogP contribution in [-0.2, 0) is 4.79 Å². The molecule has 1 rings (SSSR count). The van der Waals surface area contributed by atoms with Gasteiger partial charge in [0, 0.05) is 32.2 Å². The second-order valence-electron chi connectivity index (χ2n) is 5.12. The maximum Gasteiger partial charge on any atom is 0.234 e. The molecule has 16 heavy (non-hydrogen) atoms. The number of carbonyl (C=O) groups excluding carboxylic acids is 1. The molecule has 0 aromatic rings. The zero-order chi connectivity index (χ0) is 12.0. The molecule has 1 saturated heterocycles. The van der Waals surface area contributed by atoms with E-state index in [4.69, 9.17) is 0 Å². The minimum Gasteiger partial charge on any atom is -0.355 e. The lowest BCUT2D eigenvalue weighted by molar-refractivity contribution is -0.122. The lowest BCUT2D eigenvalue weighted by Crippen LogP contribution is -2.51. The molecule has 94 valence electrons. The van der Waals surface area contributed by atoms with Gasteiger partial charge in [-0.25, -0.2) is 0 Å². The van der Waals surface area contributed by atoms with Gasteiger partial charge in [0.2, 0.25) is 5.91 Å². The van der Waals surface area contributed by atoms with Crippen molar-refractivity contribution in [3.63, 3.8) is 0 Å². The van der Waals surface area contributed by atoms with Crippen LogP contribution in [-0.4, -0.2) is 49.6 Å². The summed E-state index contributed by atoms with van der Waals surface area (Å²) in [5, 5.41) is 6.35. The fourth-order valence-electron chi connectivity index (χ4n) is 1.92. The molecule has 0 saturated carbocycles. The van der Waals surface area contributed by atoms with E-state index in [-0.39, 0.29) is 5.91 Å². The minimum absolute atomic E-state index is 0.162. The Labute approximate surface area is 98.8 Å². The van der Waals surface area contributed by atoms with E-state index in [1.54, 1.807) is 0 Å². The van der Waals surface area contributed by atoms with Crippen LogP contribution >= 0.6 is 0 Å². The lowest BCUT2D eigenvalue weighted by Gasteiger charge is -2.31. The van der Waals surface area contributed by atoms with Crippen molar-refractivity contribution in [2.24, 2.45) is 5.92 Å². The molecule has 2 N–H and O–H groups in total. The van der Waals surface area contributed by atoms with Gasteiger partial charge >= 0.3 is 0 Å². The SMILES string of the molecule is CC(C)CCNC(=O)CN1CCN[C@H](C)C1. The molecule has 1 fully saturated rings. The topological polar surface area (TPSA) is 44.4 Å². The Bertz CT molecular complexity index is 218. The van der Waals surface area contributed by atoms with Crippen LogP contribution < -0.4 is 10.6 Å². The molecule has 0 bridgehead atoms. The quantitative estimate of drug-likeness (QED) is 0.716. The van der Waals surface area contributed by atoms with Crippen LogP contribution in [0.1, 0.15) is 27.2 Å². The van der Waals surface area contributed by atoms with Crippen molar-refractivity contribution in [3.05, 3.63) is 0 Å². The van der Waals surface area contributed by atoms with Crippen molar-refractivity contribution < 1.29 is 4.79 Å². The molecule has 0 aliphatic carbocycles. The van der Waals surface area contributed by atoms with Crippen molar-refractivity contribution in [1.29, 1.82) is 0 Å². The number of rotatable bonds is 5. The van der Waals surface area contributed by atoms with Crippen molar-refractivity contribution >= 4 is 5.91 Å². The molecule has 1 heterocycles. The zero-order valence-electron chi connectivity index (χ0n) is 10.8. The highest BCUT2D eigenvalue weighted by molar-refractivity contribution is 5.77. The number of nitrogens with zero attached hydrogens (tertiary/aromatic N) is 1. The molecular weight excluding hydrogens is 202 g/mol. The highest BCUT2D eigenvalue weighted by Gasteiger charge is 2.17. The standard InChI is InChI=1S/C12H25N3O/c1-10(2)4-5-14-12(16)9-15-7-6-13-11(3)8-15/h10-11,13H,4-9H2,1-3H3,(H,14,16)/t11-/m1/s1. The van der Waals surface area contributed by atoms with E-state index in [2.05, 4.69) is 36.3 Å². The van der Waals surface area contributed by atoms with Crippen molar-refractivity contribution in [3.8, 4) is 0 Å². The first-order chi connectivity index (χ1) is 7.58. The van der Waals surface area contributed by atoms with Crippen molar-refractivity contribution in [2.75, 3.05) is 32.7 Å². The largest absolute Gasteiger partial charge is 0.355 e. The molecule has 0 aromatic heterocycles. The number of hydrogen-bond acceptors (Lipinski definition) is 3. The van der Waals surface area contributed by atoms with Crippen LogP contribution in [0.3, 0.4) is 0 Å². The van der Waals surface area contributed by atoms with Crippen LogP contribution in [0.25, 0.3) is 0 Å². The van der Waals surface area contributed by atoms with Gasteiger partial charge in [0.15, 0.2) is 0 Å². The van der Waals surface area contributed by atoms with Crippen LogP contribution in [0.5, 0.6) is 0 Å². The Morgan fingerprint density at radius 3 is 2.94 bits per heavy atom. The van der Waals surface area contributed by atoms with E-state index in [0.29, 0.717) is 18.5 Å². The van der Waals surface area contributed by atoms with E-state index in [0.717, 1.165) is 32.6 Å². The highest BCUT2D eigenvalue weighted by Crippen LogP contribution is 1.98. The van der Waals surface area contributed by atoms with E-state index < -0.39 is 0 Å². The Hall–Kier alpha value is -0.610. The fraction of sp³-hybridized carbons (Fsp3) is 0.917. The predicted molar refractivity (Wildman–Crippen MR) is 66.4 cm³/mol. The molecule has 0 radical (unpaired) electrons. The molecule has 4 heteroatoms. The zero-order valence-corrected chi connectivity index (χ0v) is 10.8. The van der Waals surface area contributed by atoms with E-state index >= 15 is 0 Å². The highest BCUT2D eigenvalue weighted by atomic mass is 16.2. The van der Waals surface area contributed by atoms with Crippen LogP contribution in [0.4, 0.5) is 0 Å². The Morgan fingerprint density at radius 2 is 2.31 bits per heavy atom. The molecule has 0 aromatic carbocycles. The van der Waals surface area contributed by atoms with Gasteiger partial charge in [0.25, 0.3) is 0 Å². The van der Waals surface area contributed by atoms with Gasteiger partial charge in [0.05, 0.1) is 6.54 Å². The summed E-state index contributed by atoms with van der Waals surface area (Å²) in [5.74, 6) is 0.814. The molecule has 1 atom stereocenters. The Morgan fingerprint density at radius 1 is 1.56 bits per heavy atom. The molecule has 1 aliphatic rings. The number of carbonyl (C=O) groups is 1. The van der Waals surface area contributed by atoms with Crippen molar-refractivity contribution in [2.45, 2.75) is 33.2 Å². The first-order valence-corrected chi connectivity index (χ1v) is 6.30.